The maximum absolute atomic E-state index is 4.54. The number of hydrogen-bond acceptors (Lipinski definition) is 5. The maximum atomic E-state index is 4.54. The molecule has 5 nitrogen and oxygen atoms in total. The van der Waals surface area contributed by atoms with Crippen LogP contribution in [0.3, 0.4) is 0 Å². The van der Waals surface area contributed by atoms with E-state index >= 15 is 0 Å². The highest BCUT2D eigenvalue weighted by Crippen LogP contribution is 2.22. The molecule has 0 amide bonds. The van der Waals surface area contributed by atoms with E-state index in [0.717, 1.165) is 17.9 Å². The third-order valence-corrected chi connectivity index (χ3v) is 3.10. The minimum atomic E-state index is 0.385. The van der Waals surface area contributed by atoms with Crippen LogP contribution in [0.4, 0.5) is 0 Å². The van der Waals surface area contributed by atoms with Crippen molar-refractivity contribution in [3.05, 3.63) is 35.4 Å². The number of aryl methyl sites for hydroxylation is 2. The Hall–Kier alpha value is -1.88. The summed E-state index contributed by atoms with van der Waals surface area (Å²) in [5.74, 6) is 1.55. The minimum Gasteiger partial charge on any atom is -0.319 e. The zero-order chi connectivity index (χ0) is 13.8. The van der Waals surface area contributed by atoms with Crippen LogP contribution in [0.15, 0.2) is 18.5 Å². The topological polar surface area (TPSA) is 63.6 Å². The van der Waals surface area contributed by atoms with Gasteiger partial charge in [0.05, 0.1) is 0 Å². The molecule has 2 aromatic rings. The summed E-state index contributed by atoms with van der Waals surface area (Å²) in [6.45, 7) is 7.12. The number of rotatable bonds is 4. The highest BCUT2D eigenvalue weighted by atomic mass is 15.0. The van der Waals surface area contributed by atoms with Crippen molar-refractivity contribution in [1.82, 2.24) is 25.3 Å². The Kier molecular flexibility index (Phi) is 4.16. The number of hydrogen-bond donors (Lipinski definition) is 1. The first-order valence-corrected chi connectivity index (χ1v) is 6.40. The van der Waals surface area contributed by atoms with Gasteiger partial charge in [0.2, 0.25) is 0 Å². The molecule has 19 heavy (non-hydrogen) atoms. The van der Waals surface area contributed by atoms with Crippen LogP contribution in [-0.2, 0) is 0 Å². The van der Waals surface area contributed by atoms with Gasteiger partial charge in [0, 0.05) is 30.3 Å². The Morgan fingerprint density at radius 2 is 1.63 bits per heavy atom. The monoisotopic (exact) mass is 257 g/mol. The van der Waals surface area contributed by atoms with E-state index in [1.54, 1.807) is 18.5 Å². The lowest BCUT2D eigenvalue weighted by molar-refractivity contribution is 0.662. The maximum Gasteiger partial charge on any atom is 0.198 e. The largest absolute Gasteiger partial charge is 0.319 e. The molecule has 1 atom stereocenters. The number of nitrogens with one attached hydrogen (secondary N) is 1. The highest BCUT2D eigenvalue weighted by molar-refractivity contribution is 5.45. The summed E-state index contributed by atoms with van der Waals surface area (Å²) in [5.41, 5.74) is 3.20. The Bertz CT molecular complexity index is 530. The van der Waals surface area contributed by atoms with Crippen LogP contribution in [0.25, 0.3) is 11.6 Å². The van der Waals surface area contributed by atoms with Crippen molar-refractivity contribution in [2.75, 3.05) is 13.6 Å². The third kappa shape index (κ3) is 2.93. The van der Waals surface area contributed by atoms with Crippen LogP contribution in [0.2, 0.25) is 0 Å². The van der Waals surface area contributed by atoms with Gasteiger partial charge in [0.1, 0.15) is 0 Å². The molecule has 0 aliphatic rings. The minimum absolute atomic E-state index is 0.385. The van der Waals surface area contributed by atoms with E-state index in [-0.39, 0.29) is 0 Å². The molecule has 0 saturated heterocycles. The van der Waals surface area contributed by atoms with Crippen LogP contribution in [0.1, 0.15) is 29.8 Å². The van der Waals surface area contributed by atoms with Crippen molar-refractivity contribution in [1.29, 1.82) is 0 Å². The first kappa shape index (κ1) is 13.5. The van der Waals surface area contributed by atoms with Gasteiger partial charge in [-0.05, 0) is 38.4 Å². The van der Waals surface area contributed by atoms with Crippen molar-refractivity contribution >= 4 is 0 Å². The van der Waals surface area contributed by atoms with Crippen LogP contribution in [0.5, 0.6) is 0 Å². The van der Waals surface area contributed by atoms with Gasteiger partial charge in [-0.3, -0.25) is 0 Å². The lowest BCUT2D eigenvalue weighted by Crippen LogP contribution is -2.18. The predicted molar refractivity (Wildman–Crippen MR) is 74.9 cm³/mol. The van der Waals surface area contributed by atoms with Gasteiger partial charge in [0.15, 0.2) is 11.6 Å². The fourth-order valence-electron chi connectivity index (χ4n) is 2.36. The fourth-order valence-corrected chi connectivity index (χ4v) is 2.36. The molecule has 0 aliphatic heterocycles. The molecular formula is C14H19N5. The van der Waals surface area contributed by atoms with Crippen molar-refractivity contribution in [3.63, 3.8) is 0 Å². The number of nitrogens with zero attached hydrogens (tertiary/aromatic N) is 4. The van der Waals surface area contributed by atoms with E-state index in [0.29, 0.717) is 17.6 Å². The first-order chi connectivity index (χ1) is 9.13. The Balaban J connectivity index is 2.42. The molecule has 2 heterocycles. The molecule has 0 saturated carbocycles. The molecular weight excluding hydrogens is 238 g/mol. The summed E-state index contributed by atoms with van der Waals surface area (Å²) in [5, 5.41) is 3.19. The zero-order valence-electron chi connectivity index (χ0n) is 11.8. The van der Waals surface area contributed by atoms with E-state index in [1.807, 2.05) is 20.9 Å². The average Bonchev–Trinajstić information content (AvgIpc) is 2.39. The van der Waals surface area contributed by atoms with Gasteiger partial charge in [-0.15, -0.1) is 0 Å². The molecule has 0 aliphatic carbocycles. The van der Waals surface area contributed by atoms with Crippen molar-refractivity contribution in [3.8, 4) is 11.6 Å². The lowest BCUT2D eigenvalue weighted by atomic mass is 9.98. The SMILES string of the molecule is CNCC(C)c1c(C)nc(-c2ncccn2)nc1C. The van der Waals surface area contributed by atoms with E-state index < -0.39 is 0 Å². The Morgan fingerprint density at radius 3 is 2.16 bits per heavy atom. The smallest absolute Gasteiger partial charge is 0.198 e. The van der Waals surface area contributed by atoms with Gasteiger partial charge in [-0.1, -0.05) is 6.92 Å². The van der Waals surface area contributed by atoms with Crippen LogP contribution in [0, 0.1) is 13.8 Å². The van der Waals surface area contributed by atoms with Gasteiger partial charge in [-0.25, -0.2) is 19.9 Å². The second-order valence-corrected chi connectivity index (χ2v) is 4.66. The number of aromatic nitrogens is 4. The van der Waals surface area contributed by atoms with Gasteiger partial charge in [0.25, 0.3) is 0 Å². The molecule has 5 heteroatoms. The third-order valence-electron chi connectivity index (χ3n) is 3.10. The molecule has 0 fully saturated rings. The molecule has 0 radical (unpaired) electrons. The van der Waals surface area contributed by atoms with Crippen LogP contribution >= 0.6 is 0 Å². The van der Waals surface area contributed by atoms with Crippen molar-refractivity contribution < 1.29 is 0 Å². The van der Waals surface area contributed by atoms with E-state index in [4.69, 9.17) is 0 Å². The Labute approximate surface area is 113 Å². The summed E-state index contributed by atoms with van der Waals surface area (Å²) >= 11 is 0. The van der Waals surface area contributed by atoms with E-state index in [1.165, 1.54) is 5.56 Å². The lowest BCUT2D eigenvalue weighted by Gasteiger charge is -2.16. The highest BCUT2D eigenvalue weighted by Gasteiger charge is 2.16. The predicted octanol–water partition coefficient (Wildman–Crippen LogP) is 1.87. The standard InChI is InChI=1S/C14H19N5/c1-9(8-15-4)12-10(2)18-14(19-11(12)3)13-16-6-5-7-17-13/h5-7,9,15H,8H2,1-4H3. The van der Waals surface area contributed by atoms with Crippen molar-refractivity contribution in [2.45, 2.75) is 26.7 Å². The second-order valence-electron chi connectivity index (χ2n) is 4.66. The molecule has 1 unspecified atom stereocenters. The molecule has 100 valence electrons. The summed E-state index contributed by atoms with van der Waals surface area (Å²) in [6, 6.07) is 1.78. The van der Waals surface area contributed by atoms with Gasteiger partial charge in [-0.2, -0.15) is 0 Å². The summed E-state index contributed by atoms with van der Waals surface area (Å²) in [7, 11) is 1.95. The zero-order valence-corrected chi connectivity index (χ0v) is 11.8. The summed E-state index contributed by atoms with van der Waals surface area (Å²) in [6.07, 6.45) is 3.40. The quantitative estimate of drug-likeness (QED) is 0.906. The van der Waals surface area contributed by atoms with Crippen molar-refractivity contribution in [2.24, 2.45) is 0 Å². The summed E-state index contributed by atoms with van der Waals surface area (Å²) in [4.78, 5) is 17.5. The van der Waals surface area contributed by atoms with Gasteiger partial charge >= 0.3 is 0 Å². The molecule has 0 aromatic carbocycles. The van der Waals surface area contributed by atoms with Crippen LogP contribution < -0.4 is 5.32 Å². The van der Waals surface area contributed by atoms with E-state index in [9.17, 15) is 0 Å². The number of likely N-dealkylation sites (N-methyl/N-ethyl adjacent to an activating group) is 1. The molecule has 2 rings (SSSR count). The molecule has 0 bridgehead atoms. The Morgan fingerprint density at radius 1 is 1.05 bits per heavy atom. The average molecular weight is 257 g/mol. The summed E-state index contributed by atoms with van der Waals surface area (Å²) < 4.78 is 0. The molecule has 0 spiro atoms. The van der Waals surface area contributed by atoms with Gasteiger partial charge < -0.3 is 5.32 Å². The van der Waals surface area contributed by atoms with Crippen LogP contribution in [-0.4, -0.2) is 33.5 Å². The normalized spacial score (nSPS) is 12.4. The fraction of sp³-hybridized carbons (Fsp3) is 0.429. The van der Waals surface area contributed by atoms with E-state index in [2.05, 4.69) is 32.2 Å². The molecule has 2 aromatic heterocycles. The molecule has 1 N–H and O–H groups in total. The first-order valence-electron chi connectivity index (χ1n) is 6.40. The second kappa shape index (κ2) is 5.84.